The Hall–Kier alpha value is -4.84. The minimum atomic E-state index is -0.719. The molecule has 4 aromatic rings. The van der Waals surface area contributed by atoms with Crippen molar-refractivity contribution in [1.29, 1.82) is 0 Å². The summed E-state index contributed by atoms with van der Waals surface area (Å²) in [5, 5.41) is 0. The molecule has 6 heteroatoms. The van der Waals surface area contributed by atoms with E-state index in [0.717, 1.165) is 49.0 Å². The Labute approximate surface area is 270 Å². The average molecular weight is 611 g/mol. The average Bonchev–Trinajstić information content (AvgIpc) is 3.37. The number of fused-ring (bicyclic) bond motifs is 4. The topological polar surface area (TPSA) is 74.8 Å². The van der Waals surface area contributed by atoms with Crippen LogP contribution in [0.15, 0.2) is 97.1 Å². The van der Waals surface area contributed by atoms with Crippen LogP contribution in [0.1, 0.15) is 40.7 Å². The Balaban J connectivity index is 0.887. The third-order valence-electron chi connectivity index (χ3n) is 10.2. The lowest BCUT2D eigenvalue weighted by Gasteiger charge is -2.36. The molecule has 1 saturated carbocycles. The molecule has 1 aliphatic carbocycles. The highest BCUT2D eigenvalue weighted by Crippen LogP contribution is 2.56. The molecule has 2 heterocycles. The van der Waals surface area contributed by atoms with Crippen molar-refractivity contribution >= 4 is 29.3 Å². The number of benzene rings is 4. The van der Waals surface area contributed by atoms with Gasteiger partial charge in [-0.05, 0) is 91.0 Å². The zero-order valence-electron chi connectivity index (χ0n) is 26.3. The molecule has 0 aromatic heterocycles. The second kappa shape index (κ2) is 12.2. The largest absolute Gasteiger partial charge is 0.285 e. The van der Waals surface area contributed by atoms with Gasteiger partial charge < -0.3 is 0 Å². The first kappa shape index (κ1) is 29.8. The summed E-state index contributed by atoms with van der Waals surface area (Å²) in [5.41, 5.74) is 9.44. The number of aryl methyl sites for hydroxylation is 5. The van der Waals surface area contributed by atoms with Crippen molar-refractivity contribution in [2.45, 2.75) is 45.4 Å². The molecule has 4 amide bonds. The van der Waals surface area contributed by atoms with Gasteiger partial charge in [0.15, 0.2) is 0 Å². The van der Waals surface area contributed by atoms with Gasteiger partial charge in [0, 0.05) is 7.05 Å². The molecule has 2 saturated heterocycles. The molecule has 4 atom stereocenters. The van der Waals surface area contributed by atoms with Crippen LogP contribution >= 0.6 is 0 Å². The Morgan fingerprint density at radius 3 is 1.17 bits per heavy atom. The maximum atomic E-state index is 13.1. The molecule has 3 fully saturated rings. The Bertz CT molecular complexity index is 1750. The molecule has 232 valence electrons. The third-order valence-corrected chi connectivity index (χ3v) is 10.2. The predicted octanol–water partition coefficient (Wildman–Crippen LogP) is 6.36. The monoisotopic (exact) mass is 610 g/mol. The lowest BCUT2D eigenvalue weighted by Crippen LogP contribution is -2.50. The zero-order valence-corrected chi connectivity index (χ0v) is 26.3. The SMILES string of the molecule is Cc1ccc(CCCc2ccc(-c3ccc(CCCc4ccc(N5C(=O)C6C7C(=O)N(C)C(=O)C7C6C5=O)cc4)cc3)cc2)cc1. The van der Waals surface area contributed by atoms with E-state index < -0.39 is 23.7 Å². The van der Waals surface area contributed by atoms with Crippen molar-refractivity contribution in [3.63, 3.8) is 0 Å². The number of hydrogen-bond donors (Lipinski definition) is 0. The molecular weight excluding hydrogens is 572 g/mol. The first-order chi connectivity index (χ1) is 22.3. The standard InChI is InChI=1S/C40H38N2O4/c1-25-9-11-26(12-10-25)5-3-6-27-13-19-30(20-14-27)31-21-15-28(16-22-31)7-4-8-29-17-23-32(24-18-29)42-39(45)35-33-34(36(35)40(42)46)38(44)41(2)37(33)43/h9-24,33-36H,3-8H2,1-2H3. The number of rotatable bonds is 10. The van der Waals surface area contributed by atoms with E-state index in [9.17, 15) is 19.2 Å². The van der Waals surface area contributed by atoms with E-state index in [0.29, 0.717) is 5.69 Å². The molecule has 4 aromatic carbocycles. The molecule has 6 nitrogen and oxygen atoms in total. The summed E-state index contributed by atoms with van der Waals surface area (Å²) in [4.78, 5) is 53.4. The number of carbonyl (C=O) groups is 4. The molecule has 46 heavy (non-hydrogen) atoms. The smallest absolute Gasteiger partial charge is 0.238 e. The molecule has 0 N–H and O–H groups in total. The van der Waals surface area contributed by atoms with Gasteiger partial charge in [0.05, 0.1) is 29.4 Å². The van der Waals surface area contributed by atoms with Gasteiger partial charge in [-0.15, -0.1) is 0 Å². The molecule has 0 radical (unpaired) electrons. The van der Waals surface area contributed by atoms with Gasteiger partial charge in [0.2, 0.25) is 23.6 Å². The summed E-state index contributed by atoms with van der Waals surface area (Å²) in [6, 6.07) is 34.1. The number of hydrogen-bond acceptors (Lipinski definition) is 4. The van der Waals surface area contributed by atoms with Crippen LogP contribution in [0, 0.1) is 30.6 Å². The van der Waals surface area contributed by atoms with Gasteiger partial charge in [0.1, 0.15) is 0 Å². The van der Waals surface area contributed by atoms with Crippen LogP contribution in [0.2, 0.25) is 0 Å². The minimum Gasteiger partial charge on any atom is -0.285 e. The van der Waals surface area contributed by atoms with Crippen molar-refractivity contribution in [3.05, 3.63) is 125 Å². The highest BCUT2D eigenvalue weighted by Gasteiger charge is 2.73. The second-order valence-electron chi connectivity index (χ2n) is 13.1. The van der Waals surface area contributed by atoms with Crippen LogP contribution in [-0.4, -0.2) is 35.6 Å². The third kappa shape index (κ3) is 5.36. The number of imide groups is 2. The summed E-state index contributed by atoms with van der Waals surface area (Å²) < 4.78 is 0. The fourth-order valence-electron chi connectivity index (χ4n) is 7.48. The molecule has 2 aliphatic heterocycles. The van der Waals surface area contributed by atoms with Gasteiger partial charge in [-0.3, -0.25) is 29.0 Å². The zero-order chi connectivity index (χ0) is 31.9. The fourth-order valence-corrected chi connectivity index (χ4v) is 7.48. The summed E-state index contributed by atoms with van der Waals surface area (Å²) in [6.45, 7) is 2.12. The minimum absolute atomic E-state index is 0.348. The number of nitrogens with zero attached hydrogens (tertiary/aromatic N) is 2. The number of likely N-dealkylation sites (tertiary alicyclic amines) is 1. The van der Waals surface area contributed by atoms with Crippen molar-refractivity contribution in [2.75, 3.05) is 11.9 Å². The first-order valence-electron chi connectivity index (χ1n) is 16.3. The molecule has 3 aliphatic rings. The van der Waals surface area contributed by atoms with Gasteiger partial charge in [-0.25, -0.2) is 0 Å². The lowest BCUT2D eigenvalue weighted by atomic mass is 9.59. The summed E-state index contributed by atoms with van der Waals surface area (Å²) >= 11 is 0. The van der Waals surface area contributed by atoms with Crippen molar-refractivity contribution in [2.24, 2.45) is 23.7 Å². The van der Waals surface area contributed by atoms with Crippen LogP contribution in [0.5, 0.6) is 0 Å². The highest BCUT2D eigenvalue weighted by molar-refractivity contribution is 6.27. The van der Waals surface area contributed by atoms with Crippen LogP contribution in [-0.2, 0) is 44.9 Å². The van der Waals surface area contributed by atoms with Gasteiger partial charge >= 0.3 is 0 Å². The van der Waals surface area contributed by atoms with E-state index in [-0.39, 0.29) is 23.6 Å². The maximum Gasteiger partial charge on any atom is 0.238 e. The number of amides is 4. The van der Waals surface area contributed by atoms with E-state index in [2.05, 4.69) is 79.7 Å². The van der Waals surface area contributed by atoms with E-state index in [1.165, 1.54) is 45.3 Å². The van der Waals surface area contributed by atoms with Crippen LogP contribution < -0.4 is 4.90 Å². The van der Waals surface area contributed by atoms with Crippen molar-refractivity contribution < 1.29 is 19.2 Å². The van der Waals surface area contributed by atoms with Crippen LogP contribution in [0.3, 0.4) is 0 Å². The number of carbonyl (C=O) groups excluding carboxylic acids is 4. The second-order valence-corrected chi connectivity index (χ2v) is 13.1. The normalized spacial score (nSPS) is 21.9. The Morgan fingerprint density at radius 2 is 0.783 bits per heavy atom. The maximum absolute atomic E-state index is 13.1. The molecule has 0 spiro atoms. The van der Waals surface area contributed by atoms with Crippen molar-refractivity contribution in [1.82, 2.24) is 4.90 Å². The predicted molar refractivity (Wildman–Crippen MR) is 178 cm³/mol. The molecule has 4 unspecified atom stereocenters. The van der Waals surface area contributed by atoms with E-state index >= 15 is 0 Å². The summed E-state index contributed by atoms with van der Waals surface area (Å²) in [5.74, 6) is -4.25. The Morgan fingerprint density at radius 1 is 0.457 bits per heavy atom. The van der Waals surface area contributed by atoms with E-state index in [1.54, 1.807) is 12.1 Å². The van der Waals surface area contributed by atoms with E-state index in [1.807, 2.05) is 12.1 Å². The van der Waals surface area contributed by atoms with Crippen LogP contribution in [0.4, 0.5) is 5.69 Å². The summed E-state index contributed by atoms with van der Waals surface area (Å²) in [6.07, 6.45) is 6.12. The van der Waals surface area contributed by atoms with Gasteiger partial charge in [0.25, 0.3) is 0 Å². The highest BCUT2D eigenvalue weighted by atomic mass is 16.2. The van der Waals surface area contributed by atoms with Gasteiger partial charge in [-0.1, -0.05) is 90.5 Å². The molecule has 0 bridgehead atoms. The Kier molecular flexibility index (Phi) is 7.89. The van der Waals surface area contributed by atoms with Gasteiger partial charge in [-0.2, -0.15) is 0 Å². The van der Waals surface area contributed by atoms with E-state index in [4.69, 9.17) is 0 Å². The van der Waals surface area contributed by atoms with Crippen LogP contribution in [0.25, 0.3) is 11.1 Å². The molecule has 7 rings (SSSR count). The summed E-state index contributed by atoms with van der Waals surface area (Å²) in [7, 11) is 1.42. The number of anilines is 1. The quantitative estimate of drug-likeness (QED) is 0.196. The molecular formula is C40H38N2O4. The first-order valence-corrected chi connectivity index (χ1v) is 16.3. The lowest BCUT2D eigenvalue weighted by molar-refractivity contribution is -0.146. The fraction of sp³-hybridized carbons (Fsp3) is 0.300. The van der Waals surface area contributed by atoms with Crippen molar-refractivity contribution in [3.8, 4) is 11.1 Å².